The summed E-state index contributed by atoms with van der Waals surface area (Å²) in [4.78, 5) is 14.5. The largest absolute Gasteiger partial charge is 0.391 e. The molecule has 0 aromatic heterocycles. The number of hydrogen-bond donors (Lipinski definition) is 2. The van der Waals surface area contributed by atoms with Crippen LogP contribution in [-0.2, 0) is 4.79 Å². The number of aliphatic hydroxyl groups is 1. The fourth-order valence-electron chi connectivity index (χ4n) is 5.05. The number of aliphatic hydroxyl groups excluding tert-OH is 1. The standard InChI is InChI=1S/C14H22N2O2/c17-13-8-5-9-7-16(12(13)10(9)6-8)11-3-1-2-4-15-14(11)18/h8-13,17H,1-7H2,(H,15,18). The number of rotatable bonds is 1. The van der Waals surface area contributed by atoms with Crippen LogP contribution in [-0.4, -0.2) is 47.2 Å². The molecule has 0 aromatic rings. The molecule has 2 aliphatic heterocycles. The van der Waals surface area contributed by atoms with Crippen molar-refractivity contribution in [3.63, 3.8) is 0 Å². The summed E-state index contributed by atoms with van der Waals surface area (Å²) in [7, 11) is 0. The maximum Gasteiger partial charge on any atom is 0.237 e. The molecular formula is C14H22N2O2. The highest BCUT2D eigenvalue weighted by Crippen LogP contribution is 2.55. The predicted octanol–water partition coefficient (Wildman–Crippen LogP) is 0.356. The number of amides is 1. The molecule has 100 valence electrons. The van der Waals surface area contributed by atoms with Crippen LogP contribution < -0.4 is 5.32 Å². The van der Waals surface area contributed by atoms with E-state index in [9.17, 15) is 9.90 Å². The van der Waals surface area contributed by atoms with Crippen molar-refractivity contribution in [3.05, 3.63) is 0 Å². The summed E-state index contributed by atoms with van der Waals surface area (Å²) < 4.78 is 0. The van der Waals surface area contributed by atoms with Gasteiger partial charge in [0.15, 0.2) is 0 Å². The van der Waals surface area contributed by atoms with Gasteiger partial charge in [-0.15, -0.1) is 0 Å². The molecule has 2 heterocycles. The fourth-order valence-corrected chi connectivity index (χ4v) is 5.05. The van der Waals surface area contributed by atoms with Gasteiger partial charge in [-0.2, -0.15) is 0 Å². The monoisotopic (exact) mass is 250 g/mol. The third-order valence-electron chi connectivity index (χ3n) is 5.79. The van der Waals surface area contributed by atoms with Crippen molar-refractivity contribution >= 4 is 5.91 Å². The zero-order valence-electron chi connectivity index (χ0n) is 10.7. The van der Waals surface area contributed by atoms with Crippen LogP contribution in [0.25, 0.3) is 0 Å². The lowest BCUT2D eigenvalue weighted by molar-refractivity contribution is -0.127. The summed E-state index contributed by atoms with van der Waals surface area (Å²) in [6, 6.07) is 0.305. The van der Waals surface area contributed by atoms with Crippen molar-refractivity contribution in [1.29, 1.82) is 0 Å². The number of carbonyl (C=O) groups is 1. The van der Waals surface area contributed by atoms with Crippen molar-refractivity contribution < 1.29 is 9.90 Å². The van der Waals surface area contributed by atoms with Gasteiger partial charge in [0.2, 0.25) is 5.91 Å². The highest BCUT2D eigenvalue weighted by molar-refractivity contribution is 5.82. The first kappa shape index (κ1) is 11.2. The molecule has 4 heteroatoms. The fraction of sp³-hybridized carbons (Fsp3) is 0.929. The summed E-state index contributed by atoms with van der Waals surface area (Å²) in [5.74, 6) is 2.13. The summed E-state index contributed by atoms with van der Waals surface area (Å²) in [5, 5.41) is 13.4. The van der Waals surface area contributed by atoms with Gasteiger partial charge in [0, 0.05) is 19.1 Å². The number of nitrogens with zero attached hydrogens (tertiary/aromatic N) is 1. The summed E-state index contributed by atoms with van der Waals surface area (Å²) >= 11 is 0. The highest BCUT2D eigenvalue weighted by Gasteiger charge is 2.60. The maximum absolute atomic E-state index is 12.2. The second kappa shape index (κ2) is 3.94. The molecule has 2 N–H and O–H groups in total. The van der Waals surface area contributed by atoms with Crippen molar-refractivity contribution in [2.45, 2.75) is 50.3 Å². The molecule has 6 unspecified atom stereocenters. The molecule has 18 heavy (non-hydrogen) atoms. The Morgan fingerprint density at radius 1 is 1.22 bits per heavy atom. The number of hydrogen-bond acceptors (Lipinski definition) is 3. The van der Waals surface area contributed by atoms with E-state index >= 15 is 0 Å². The van der Waals surface area contributed by atoms with Crippen LogP contribution in [0.5, 0.6) is 0 Å². The molecule has 2 saturated heterocycles. The zero-order chi connectivity index (χ0) is 12.3. The Kier molecular flexibility index (Phi) is 2.46. The van der Waals surface area contributed by atoms with Gasteiger partial charge >= 0.3 is 0 Å². The lowest BCUT2D eigenvalue weighted by atomic mass is 9.88. The van der Waals surface area contributed by atoms with Gasteiger partial charge in [-0.1, -0.05) is 0 Å². The highest BCUT2D eigenvalue weighted by atomic mass is 16.3. The van der Waals surface area contributed by atoms with Crippen LogP contribution >= 0.6 is 0 Å². The van der Waals surface area contributed by atoms with Crippen molar-refractivity contribution in [2.75, 3.05) is 13.1 Å². The average molecular weight is 250 g/mol. The molecule has 4 rings (SSSR count). The van der Waals surface area contributed by atoms with E-state index in [1.165, 1.54) is 12.8 Å². The van der Waals surface area contributed by atoms with Crippen LogP contribution in [0.15, 0.2) is 0 Å². The molecule has 4 aliphatic rings. The lowest BCUT2D eigenvalue weighted by Crippen LogP contribution is -2.51. The van der Waals surface area contributed by atoms with Crippen LogP contribution in [0, 0.1) is 17.8 Å². The first-order chi connectivity index (χ1) is 8.75. The molecular weight excluding hydrogens is 228 g/mol. The van der Waals surface area contributed by atoms with E-state index in [4.69, 9.17) is 0 Å². The Balaban J connectivity index is 1.60. The minimum Gasteiger partial charge on any atom is -0.391 e. The van der Waals surface area contributed by atoms with E-state index in [-0.39, 0.29) is 24.1 Å². The van der Waals surface area contributed by atoms with Gasteiger partial charge in [-0.25, -0.2) is 0 Å². The molecule has 0 radical (unpaired) electrons. The molecule has 2 aliphatic carbocycles. The molecule has 0 aromatic carbocycles. The third-order valence-corrected chi connectivity index (χ3v) is 5.79. The van der Waals surface area contributed by atoms with E-state index in [0.29, 0.717) is 11.8 Å². The smallest absolute Gasteiger partial charge is 0.237 e. The average Bonchev–Trinajstić information content (AvgIpc) is 2.89. The minimum absolute atomic E-state index is 0.0245. The topological polar surface area (TPSA) is 52.6 Å². The van der Waals surface area contributed by atoms with Crippen LogP contribution in [0.1, 0.15) is 32.1 Å². The third kappa shape index (κ3) is 1.42. The second-order valence-corrected chi connectivity index (χ2v) is 6.64. The van der Waals surface area contributed by atoms with Crippen LogP contribution in [0.4, 0.5) is 0 Å². The van der Waals surface area contributed by atoms with Gasteiger partial charge in [0.05, 0.1) is 12.1 Å². The van der Waals surface area contributed by atoms with Crippen molar-refractivity contribution in [1.82, 2.24) is 10.2 Å². The maximum atomic E-state index is 12.2. The normalized spacial score (nSPS) is 51.5. The number of nitrogens with one attached hydrogen (secondary N) is 1. The molecule has 2 saturated carbocycles. The second-order valence-electron chi connectivity index (χ2n) is 6.64. The van der Waals surface area contributed by atoms with Gasteiger partial charge < -0.3 is 10.4 Å². The van der Waals surface area contributed by atoms with Crippen LogP contribution in [0.2, 0.25) is 0 Å². The predicted molar refractivity (Wildman–Crippen MR) is 66.9 cm³/mol. The first-order valence-corrected chi connectivity index (χ1v) is 7.47. The molecule has 4 fully saturated rings. The number of likely N-dealkylation sites (tertiary alicyclic amines) is 1. The lowest BCUT2D eigenvalue weighted by Gasteiger charge is -2.33. The zero-order valence-corrected chi connectivity index (χ0v) is 10.7. The van der Waals surface area contributed by atoms with E-state index in [1.807, 2.05) is 0 Å². The van der Waals surface area contributed by atoms with E-state index in [0.717, 1.165) is 38.3 Å². The molecule has 0 spiro atoms. The molecule has 4 nitrogen and oxygen atoms in total. The summed E-state index contributed by atoms with van der Waals surface area (Å²) in [5.41, 5.74) is 0. The quantitative estimate of drug-likeness (QED) is 0.706. The SMILES string of the molecule is O=C1NCCCCC1N1CC2CC3CC2C1C3O. The van der Waals surface area contributed by atoms with Gasteiger partial charge in [-0.05, 0) is 49.9 Å². The van der Waals surface area contributed by atoms with Gasteiger partial charge in [-0.3, -0.25) is 9.69 Å². The van der Waals surface area contributed by atoms with Gasteiger partial charge in [0.1, 0.15) is 0 Å². The van der Waals surface area contributed by atoms with Gasteiger partial charge in [0.25, 0.3) is 0 Å². The Morgan fingerprint density at radius 2 is 2.11 bits per heavy atom. The number of carbonyl (C=O) groups excluding carboxylic acids is 1. The Morgan fingerprint density at radius 3 is 2.94 bits per heavy atom. The number of fused-ring (bicyclic) bond motifs is 1. The minimum atomic E-state index is -0.176. The van der Waals surface area contributed by atoms with E-state index in [1.54, 1.807) is 0 Å². The van der Waals surface area contributed by atoms with E-state index < -0.39 is 0 Å². The van der Waals surface area contributed by atoms with Crippen molar-refractivity contribution in [2.24, 2.45) is 17.8 Å². The molecule has 1 amide bonds. The molecule has 2 bridgehead atoms. The van der Waals surface area contributed by atoms with Crippen LogP contribution in [0.3, 0.4) is 0 Å². The van der Waals surface area contributed by atoms with E-state index in [2.05, 4.69) is 10.2 Å². The summed E-state index contributed by atoms with van der Waals surface area (Å²) in [6.07, 6.45) is 5.40. The molecule has 6 atom stereocenters. The Labute approximate surface area is 108 Å². The van der Waals surface area contributed by atoms with Crippen molar-refractivity contribution in [3.8, 4) is 0 Å². The first-order valence-electron chi connectivity index (χ1n) is 7.47. The summed E-state index contributed by atoms with van der Waals surface area (Å²) in [6.45, 7) is 1.87. The Bertz CT molecular complexity index is 371. The Hall–Kier alpha value is -0.610.